The quantitative estimate of drug-likeness (QED) is 0.909. The second-order valence-electron chi connectivity index (χ2n) is 5.64. The van der Waals surface area contributed by atoms with E-state index >= 15 is 0 Å². The van der Waals surface area contributed by atoms with Crippen LogP contribution >= 0.6 is 0 Å². The van der Waals surface area contributed by atoms with Gasteiger partial charge in [-0.05, 0) is 38.6 Å². The number of carbonyl (C=O) groups excluding carboxylic acids is 1. The van der Waals surface area contributed by atoms with Gasteiger partial charge in [0.1, 0.15) is 5.82 Å². The van der Waals surface area contributed by atoms with E-state index in [0.717, 1.165) is 12.4 Å². The van der Waals surface area contributed by atoms with Crippen molar-refractivity contribution in [2.45, 2.75) is 25.3 Å². The zero-order valence-corrected chi connectivity index (χ0v) is 12.6. The van der Waals surface area contributed by atoms with Gasteiger partial charge in [-0.15, -0.1) is 0 Å². The van der Waals surface area contributed by atoms with Gasteiger partial charge in [0.05, 0.1) is 5.56 Å². The molecule has 0 saturated carbocycles. The summed E-state index contributed by atoms with van der Waals surface area (Å²) >= 11 is 0. The summed E-state index contributed by atoms with van der Waals surface area (Å²) in [5.41, 5.74) is 0.621. The number of piperidine rings is 1. The molecule has 0 radical (unpaired) electrons. The number of nitrogens with one attached hydrogen (secondary N) is 1. The first kappa shape index (κ1) is 14.8. The fraction of sp³-hybridized carbons (Fsp3) is 0.600. The van der Waals surface area contributed by atoms with Crippen LogP contribution in [0.25, 0.3) is 0 Å². The van der Waals surface area contributed by atoms with Crippen molar-refractivity contribution in [1.82, 2.24) is 14.8 Å². The molecule has 1 amide bonds. The molecule has 1 aromatic heterocycles. The van der Waals surface area contributed by atoms with Crippen LogP contribution in [0.15, 0.2) is 18.3 Å². The topological polar surface area (TPSA) is 48.5 Å². The van der Waals surface area contributed by atoms with E-state index < -0.39 is 0 Å². The first-order valence-electron chi connectivity index (χ1n) is 7.20. The number of rotatable bonds is 4. The molecular formula is C15H24N4O. The molecule has 2 heterocycles. The standard InChI is InChI=1S/C15H24N4O/c1-18(2)15(20)12-7-8-14(16-10-12)17-11-13-6-4-5-9-19(13)3/h7-8,10,13H,4-6,9,11H2,1-3H3,(H,16,17). The summed E-state index contributed by atoms with van der Waals surface area (Å²) in [6, 6.07) is 4.27. The highest BCUT2D eigenvalue weighted by atomic mass is 16.2. The number of pyridine rings is 1. The summed E-state index contributed by atoms with van der Waals surface area (Å²) in [6.07, 6.45) is 5.48. The molecule has 1 aliphatic heterocycles. The number of hydrogen-bond donors (Lipinski definition) is 1. The molecule has 1 aromatic rings. The fourth-order valence-electron chi connectivity index (χ4n) is 2.51. The molecule has 0 bridgehead atoms. The second-order valence-corrected chi connectivity index (χ2v) is 5.64. The Morgan fingerprint density at radius 1 is 1.45 bits per heavy atom. The number of likely N-dealkylation sites (tertiary alicyclic amines) is 1. The number of likely N-dealkylation sites (N-methyl/N-ethyl adjacent to an activating group) is 1. The average Bonchev–Trinajstić information content (AvgIpc) is 2.46. The van der Waals surface area contributed by atoms with Crippen molar-refractivity contribution in [1.29, 1.82) is 0 Å². The van der Waals surface area contributed by atoms with E-state index in [-0.39, 0.29) is 5.91 Å². The largest absolute Gasteiger partial charge is 0.369 e. The number of carbonyl (C=O) groups is 1. The SMILES string of the molecule is CN(C)C(=O)c1ccc(NCC2CCCCN2C)nc1. The summed E-state index contributed by atoms with van der Waals surface area (Å²) in [5, 5.41) is 3.36. The highest BCUT2D eigenvalue weighted by molar-refractivity contribution is 5.93. The van der Waals surface area contributed by atoms with E-state index in [1.807, 2.05) is 12.1 Å². The Balaban J connectivity index is 1.89. The number of hydrogen-bond acceptors (Lipinski definition) is 4. The van der Waals surface area contributed by atoms with Gasteiger partial charge in [0.2, 0.25) is 0 Å². The minimum Gasteiger partial charge on any atom is -0.369 e. The van der Waals surface area contributed by atoms with Gasteiger partial charge in [-0.2, -0.15) is 0 Å². The maximum atomic E-state index is 11.8. The van der Waals surface area contributed by atoms with Gasteiger partial charge in [0.25, 0.3) is 5.91 Å². The lowest BCUT2D eigenvalue weighted by molar-refractivity contribution is 0.0827. The predicted octanol–water partition coefficient (Wildman–Crippen LogP) is 1.68. The Labute approximate surface area is 121 Å². The molecule has 2 rings (SSSR count). The van der Waals surface area contributed by atoms with Gasteiger partial charge in [-0.1, -0.05) is 6.42 Å². The molecule has 1 saturated heterocycles. The molecule has 110 valence electrons. The second kappa shape index (κ2) is 6.70. The molecule has 1 aliphatic rings. The van der Waals surface area contributed by atoms with Crippen molar-refractivity contribution in [3.05, 3.63) is 23.9 Å². The van der Waals surface area contributed by atoms with Gasteiger partial charge in [0, 0.05) is 32.9 Å². The highest BCUT2D eigenvalue weighted by Gasteiger charge is 2.18. The zero-order valence-electron chi connectivity index (χ0n) is 12.6. The van der Waals surface area contributed by atoms with Gasteiger partial charge >= 0.3 is 0 Å². The van der Waals surface area contributed by atoms with Crippen LogP contribution in [-0.4, -0.2) is 61.0 Å². The summed E-state index contributed by atoms with van der Waals surface area (Å²) in [5.74, 6) is 0.815. The van der Waals surface area contributed by atoms with Gasteiger partial charge < -0.3 is 15.1 Å². The molecule has 1 unspecified atom stereocenters. The van der Waals surface area contributed by atoms with E-state index in [2.05, 4.69) is 22.2 Å². The third kappa shape index (κ3) is 3.70. The average molecular weight is 276 g/mol. The smallest absolute Gasteiger partial charge is 0.254 e. The number of aromatic nitrogens is 1. The summed E-state index contributed by atoms with van der Waals surface area (Å²) in [4.78, 5) is 20.0. The minimum atomic E-state index is -0.0175. The third-order valence-electron chi connectivity index (χ3n) is 3.86. The first-order valence-corrected chi connectivity index (χ1v) is 7.20. The number of anilines is 1. The maximum Gasteiger partial charge on any atom is 0.254 e. The number of amides is 1. The molecule has 0 aromatic carbocycles. The van der Waals surface area contributed by atoms with E-state index in [9.17, 15) is 4.79 Å². The normalized spacial score (nSPS) is 19.6. The molecule has 20 heavy (non-hydrogen) atoms. The minimum absolute atomic E-state index is 0.0175. The summed E-state index contributed by atoms with van der Waals surface area (Å²) in [6.45, 7) is 2.08. The highest BCUT2D eigenvalue weighted by Crippen LogP contribution is 2.15. The monoisotopic (exact) mass is 276 g/mol. The van der Waals surface area contributed by atoms with Crippen LogP contribution in [0.2, 0.25) is 0 Å². The molecule has 1 N–H and O–H groups in total. The maximum absolute atomic E-state index is 11.8. The Hall–Kier alpha value is -1.62. The van der Waals surface area contributed by atoms with E-state index in [4.69, 9.17) is 0 Å². The Bertz CT molecular complexity index is 444. The predicted molar refractivity (Wildman–Crippen MR) is 81.0 cm³/mol. The lowest BCUT2D eigenvalue weighted by atomic mass is 10.0. The van der Waals surface area contributed by atoms with E-state index in [1.54, 1.807) is 25.2 Å². The van der Waals surface area contributed by atoms with Crippen molar-refractivity contribution < 1.29 is 4.79 Å². The lowest BCUT2D eigenvalue weighted by Crippen LogP contribution is -2.40. The van der Waals surface area contributed by atoms with Crippen molar-refractivity contribution in [2.75, 3.05) is 39.5 Å². The van der Waals surface area contributed by atoms with Crippen LogP contribution in [0.5, 0.6) is 0 Å². The van der Waals surface area contributed by atoms with Crippen LogP contribution in [0.4, 0.5) is 5.82 Å². The van der Waals surface area contributed by atoms with Crippen molar-refractivity contribution in [3.8, 4) is 0 Å². The molecule has 5 nitrogen and oxygen atoms in total. The van der Waals surface area contributed by atoms with Crippen LogP contribution in [-0.2, 0) is 0 Å². The Kier molecular flexibility index (Phi) is 4.95. The van der Waals surface area contributed by atoms with Gasteiger partial charge in [0.15, 0.2) is 0 Å². The van der Waals surface area contributed by atoms with Crippen LogP contribution in [0, 0.1) is 0 Å². The van der Waals surface area contributed by atoms with Crippen LogP contribution in [0.3, 0.4) is 0 Å². The van der Waals surface area contributed by atoms with E-state index in [1.165, 1.54) is 25.8 Å². The molecule has 0 aliphatic carbocycles. The van der Waals surface area contributed by atoms with Gasteiger partial charge in [-0.25, -0.2) is 4.98 Å². The van der Waals surface area contributed by atoms with Crippen molar-refractivity contribution in [3.63, 3.8) is 0 Å². The molecule has 0 spiro atoms. The molecule has 5 heteroatoms. The zero-order chi connectivity index (χ0) is 14.5. The van der Waals surface area contributed by atoms with Crippen molar-refractivity contribution in [2.24, 2.45) is 0 Å². The van der Waals surface area contributed by atoms with Crippen LogP contribution in [0.1, 0.15) is 29.6 Å². The summed E-state index contributed by atoms with van der Waals surface area (Å²) in [7, 11) is 5.67. The third-order valence-corrected chi connectivity index (χ3v) is 3.86. The van der Waals surface area contributed by atoms with Gasteiger partial charge in [-0.3, -0.25) is 4.79 Å². The first-order chi connectivity index (χ1) is 9.58. The molecule has 1 fully saturated rings. The Morgan fingerprint density at radius 3 is 2.85 bits per heavy atom. The number of nitrogens with zero attached hydrogens (tertiary/aromatic N) is 3. The molecule has 1 atom stereocenters. The van der Waals surface area contributed by atoms with Crippen molar-refractivity contribution >= 4 is 11.7 Å². The summed E-state index contributed by atoms with van der Waals surface area (Å²) < 4.78 is 0. The van der Waals surface area contributed by atoms with Crippen LogP contribution < -0.4 is 5.32 Å². The van der Waals surface area contributed by atoms with E-state index in [0.29, 0.717) is 11.6 Å². The lowest BCUT2D eigenvalue weighted by Gasteiger charge is -2.32. The molecular weight excluding hydrogens is 252 g/mol. The Morgan fingerprint density at radius 2 is 2.25 bits per heavy atom. The fourth-order valence-corrected chi connectivity index (χ4v) is 2.51.